The van der Waals surface area contributed by atoms with Gasteiger partial charge in [0.05, 0.1) is 16.3 Å². The summed E-state index contributed by atoms with van der Waals surface area (Å²) in [7, 11) is 0. The Balaban J connectivity index is 1.49. The highest BCUT2D eigenvalue weighted by molar-refractivity contribution is 7.98. The number of amides is 2. The van der Waals surface area contributed by atoms with E-state index in [-0.39, 0.29) is 17.0 Å². The maximum Gasteiger partial charge on any atom is 0.329 e. The van der Waals surface area contributed by atoms with E-state index in [1.807, 2.05) is 48.7 Å². The molecule has 0 saturated carbocycles. The van der Waals surface area contributed by atoms with Crippen LogP contribution in [0.2, 0.25) is 5.02 Å². The number of rotatable bonds is 9. The highest BCUT2D eigenvalue weighted by Crippen LogP contribution is 2.24. The molecule has 0 bridgehead atoms. The van der Waals surface area contributed by atoms with Crippen molar-refractivity contribution in [2.24, 2.45) is 0 Å². The molecule has 1 heterocycles. The van der Waals surface area contributed by atoms with Crippen LogP contribution >= 0.6 is 23.4 Å². The van der Waals surface area contributed by atoms with Crippen molar-refractivity contribution >= 4 is 57.7 Å². The minimum Gasteiger partial charge on any atom is -0.454 e. The van der Waals surface area contributed by atoms with Crippen LogP contribution in [0.4, 0.5) is 5.69 Å². The monoisotopic (exact) mass is 521 g/mol. The third-order valence-corrected chi connectivity index (χ3v) is 6.66. The number of halogens is 1. The van der Waals surface area contributed by atoms with Crippen molar-refractivity contribution in [1.29, 1.82) is 0 Å². The van der Waals surface area contributed by atoms with E-state index in [4.69, 9.17) is 16.3 Å². The number of aromatic amines is 1. The number of carbonyl (C=O) groups is 3. The molecule has 0 aliphatic carbocycles. The molecule has 0 saturated heterocycles. The Kier molecular flexibility index (Phi) is 8.30. The summed E-state index contributed by atoms with van der Waals surface area (Å²) in [5.74, 6) is -1.72. The van der Waals surface area contributed by atoms with Crippen molar-refractivity contribution in [2.45, 2.75) is 17.4 Å². The van der Waals surface area contributed by atoms with Crippen LogP contribution in [0.1, 0.15) is 15.9 Å². The molecule has 0 unspecified atom stereocenters. The average molecular weight is 522 g/mol. The lowest BCUT2D eigenvalue weighted by atomic mass is 10.0. The third-order valence-electron chi connectivity index (χ3n) is 5.53. The first-order valence-electron chi connectivity index (χ1n) is 11.2. The predicted octanol–water partition coefficient (Wildman–Crippen LogP) is 5.07. The van der Waals surface area contributed by atoms with Gasteiger partial charge in [-0.1, -0.05) is 54.1 Å². The Hall–Kier alpha value is -3.75. The Labute approximate surface area is 217 Å². The first-order valence-corrected chi connectivity index (χ1v) is 12.8. The number of carbonyl (C=O) groups excluding carboxylic acids is 3. The Morgan fingerprint density at radius 1 is 1.00 bits per heavy atom. The second kappa shape index (κ2) is 11.8. The number of esters is 1. The van der Waals surface area contributed by atoms with Crippen molar-refractivity contribution < 1.29 is 19.1 Å². The SMILES string of the molecule is CSc1ccccc1NC(=O)COC(=O)[C@@H](Cc1c[nH]c2ccccc12)NC(=O)c1ccccc1Cl. The van der Waals surface area contributed by atoms with Gasteiger partial charge in [0.15, 0.2) is 6.61 Å². The van der Waals surface area contributed by atoms with Gasteiger partial charge in [-0.25, -0.2) is 4.79 Å². The van der Waals surface area contributed by atoms with Gasteiger partial charge in [0, 0.05) is 28.4 Å². The fourth-order valence-corrected chi connectivity index (χ4v) is 4.54. The van der Waals surface area contributed by atoms with Crippen LogP contribution in [0.15, 0.2) is 83.9 Å². The normalized spacial score (nSPS) is 11.6. The first kappa shape index (κ1) is 25.3. The van der Waals surface area contributed by atoms with Crippen LogP contribution in [0, 0.1) is 0 Å². The lowest BCUT2D eigenvalue weighted by molar-refractivity contribution is -0.149. The van der Waals surface area contributed by atoms with E-state index in [1.165, 1.54) is 11.8 Å². The molecule has 3 N–H and O–H groups in total. The molecule has 0 spiro atoms. The number of ether oxygens (including phenoxy) is 1. The summed E-state index contributed by atoms with van der Waals surface area (Å²) in [6, 6.07) is 20.5. The molecule has 2 amide bonds. The molecule has 1 atom stereocenters. The molecule has 9 heteroatoms. The average Bonchev–Trinajstić information content (AvgIpc) is 3.30. The summed E-state index contributed by atoms with van der Waals surface area (Å²) in [6.07, 6.45) is 3.86. The number of hydrogen-bond donors (Lipinski definition) is 3. The number of benzene rings is 3. The van der Waals surface area contributed by atoms with Gasteiger partial charge in [0.2, 0.25) is 0 Å². The zero-order valence-electron chi connectivity index (χ0n) is 19.4. The number of aromatic nitrogens is 1. The molecule has 0 fully saturated rings. The standard InChI is InChI=1S/C27H24ClN3O4S/c1-36-24-13-7-6-12-22(24)30-25(32)16-35-27(34)23(31-26(33)19-9-2-4-10-20(19)28)14-17-15-29-21-11-5-3-8-18(17)21/h2-13,15,23,29H,14,16H2,1H3,(H,30,32)(H,31,33)/t23-/m1/s1. The van der Waals surface area contributed by atoms with Gasteiger partial charge < -0.3 is 20.4 Å². The molecule has 0 radical (unpaired) electrons. The van der Waals surface area contributed by atoms with Crippen molar-refractivity contribution in [3.8, 4) is 0 Å². The second-order valence-corrected chi connectivity index (χ2v) is 9.18. The number of hydrogen-bond acceptors (Lipinski definition) is 5. The maximum atomic E-state index is 13.1. The van der Waals surface area contributed by atoms with Crippen LogP contribution < -0.4 is 10.6 Å². The number of thioether (sulfide) groups is 1. The molecule has 4 rings (SSSR count). The Morgan fingerprint density at radius 2 is 1.72 bits per heavy atom. The summed E-state index contributed by atoms with van der Waals surface area (Å²) in [6.45, 7) is -0.492. The maximum absolute atomic E-state index is 13.1. The lowest BCUT2D eigenvalue weighted by Gasteiger charge is -2.18. The summed E-state index contributed by atoms with van der Waals surface area (Å²) in [4.78, 5) is 42.5. The predicted molar refractivity (Wildman–Crippen MR) is 143 cm³/mol. The second-order valence-electron chi connectivity index (χ2n) is 7.93. The van der Waals surface area contributed by atoms with Crippen LogP contribution in [0.5, 0.6) is 0 Å². The minimum absolute atomic E-state index is 0.163. The fraction of sp³-hybridized carbons (Fsp3) is 0.148. The molecule has 36 heavy (non-hydrogen) atoms. The molecule has 184 valence electrons. The molecular formula is C27H24ClN3O4S. The Morgan fingerprint density at radius 3 is 2.53 bits per heavy atom. The van der Waals surface area contributed by atoms with E-state index in [1.54, 1.807) is 36.5 Å². The Bertz CT molecular complexity index is 1400. The van der Waals surface area contributed by atoms with Crippen molar-refractivity contribution in [2.75, 3.05) is 18.2 Å². The van der Waals surface area contributed by atoms with Gasteiger partial charge in [-0.2, -0.15) is 0 Å². The van der Waals surface area contributed by atoms with E-state index in [9.17, 15) is 14.4 Å². The quantitative estimate of drug-likeness (QED) is 0.211. The van der Waals surface area contributed by atoms with E-state index < -0.39 is 30.4 Å². The number of fused-ring (bicyclic) bond motifs is 1. The van der Waals surface area contributed by atoms with Crippen molar-refractivity contribution in [3.05, 3.63) is 95.1 Å². The van der Waals surface area contributed by atoms with Gasteiger partial charge in [0.25, 0.3) is 11.8 Å². The topological polar surface area (TPSA) is 100 Å². The molecule has 0 aliphatic rings. The van der Waals surface area contributed by atoms with Gasteiger partial charge in [0.1, 0.15) is 6.04 Å². The molecular weight excluding hydrogens is 498 g/mol. The van der Waals surface area contributed by atoms with Gasteiger partial charge in [-0.3, -0.25) is 9.59 Å². The van der Waals surface area contributed by atoms with E-state index in [0.717, 1.165) is 21.4 Å². The minimum atomic E-state index is -1.04. The third kappa shape index (κ3) is 6.08. The first-order chi connectivity index (χ1) is 17.5. The largest absolute Gasteiger partial charge is 0.454 e. The zero-order chi connectivity index (χ0) is 25.5. The summed E-state index contributed by atoms with van der Waals surface area (Å²) in [5.41, 5.74) is 2.60. The number of H-pyrrole nitrogens is 1. The summed E-state index contributed by atoms with van der Waals surface area (Å²) < 4.78 is 5.32. The highest BCUT2D eigenvalue weighted by Gasteiger charge is 2.26. The molecule has 7 nitrogen and oxygen atoms in total. The van der Waals surface area contributed by atoms with Gasteiger partial charge in [-0.05, 0) is 42.2 Å². The fourth-order valence-electron chi connectivity index (χ4n) is 3.77. The number of para-hydroxylation sites is 2. The number of nitrogens with one attached hydrogen (secondary N) is 3. The molecule has 1 aromatic heterocycles. The zero-order valence-corrected chi connectivity index (χ0v) is 21.0. The van der Waals surface area contributed by atoms with E-state index in [2.05, 4.69) is 15.6 Å². The highest BCUT2D eigenvalue weighted by atomic mass is 35.5. The smallest absolute Gasteiger partial charge is 0.329 e. The molecule has 4 aromatic rings. The van der Waals surface area contributed by atoms with Crippen LogP contribution in [0.3, 0.4) is 0 Å². The molecule has 3 aromatic carbocycles. The van der Waals surface area contributed by atoms with Crippen LogP contribution in [0.25, 0.3) is 10.9 Å². The number of anilines is 1. The van der Waals surface area contributed by atoms with E-state index >= 15 is 0 Å². The van der Waals surface area contributed by atoms with Crippen LogP contribution in [-0.4, -0.2) is 41.7 Å². The summed E-state index contributed by atoms with van der Waals surface area (Å²) >= 11 is 7.66. The summed E-state index contributed by atoms with van der Waals surface area (Å²) in [5, 5.41) is 6.66. The van der Waals surface area contributed by atoms with Crippen molar-refractivity contribution in [1.82, 2.24) is 10.3 Å². The van der Waals surface area contributed by atoms with Gasteiger partial charge in [-0.15, -0.1) is 11.8 Å². The van der Waals surface area contributed by atoms with Crippen molar-refractivity contribution in [3.63, 3.8) is 0 Å². The van der Waals surface area contributed by atoms with Crippen LogP contribution in [-0.2, 0) is 20.7 Å². The van der Waals surface area contributed by atoms with E-state index in [0.29, 0.717) is 5.69 Å². The molecule has 0 aliphatic heterocycles. The van der Waals surface area contributed by atoms with Gasteiger partial charge >= 0.3 is 5.97 Å². The lowest BCUT2D eigenvalue weighted by Crippen LogP contribution is -2.44.